The molecule has 1 aliphatic heterocycles. The highest BCUT2D eigenvalue weighted by atomic mass is 16.7. The third-order valence-electron chi connectivity index (χ3n) is 2.78. The van der Waals surface area contributed by atoms with Crippen LogP contribution >= 0.6 is 0 Å². The molecule has 0 unspecified atom stereocenters. The van der Waals surface area contributed by atoms with E-state index < -0.39 is 0 Å². The van der Waals surface area contributed by atoms with Crippen LogP contribution in [0.3, 0.4) is 0 Å². The van der Waals surface area contributed by atoms with Gasteiger partial charge in [0.1, 0.15) is 5.75 Å². The van der Waals surface area contributed by atoms with Crippen molar-refractivity contribution < 1.29 is 14.2 Å². The maximum atomic E-state index is 11.3. The molecule has 3 rings (SSSR count). The Bertz CT molecular complexity index is 648. The van der Waals surface area contributed by atoms with Gasteiger partial charge in [-0.25, -0.2) is 0 Å². The highest BCUT2D eigenvalue weighted by Gasteiger charge is 2.18. The molecule has 1 aromatic carbocycles. The first-order valence-electron chi connectivity index (χ1n) is 5.44. The Labute approximate surface area is 103 Å². The van der Waals surface area contributed by atoms with Crippen molar-refractivity contribution >= 4 is 0 Å². The molecule has 2 aromatic rings. The molecule has 0 saturated carbocycles. The quantitative estimate of drug-likeness (QED) is 0.876. The number of pyridine rings is 1. The first-order valence-corrected chi connectivity index (χ1v) is 5.44. The fourth-order valence-corrected chi connectivity index (χ4v) is 1.93. The molecule has 1 aliphatic rings. The Morgan fingerprint density at radius 1 is 1.22 bits per heavy atom. The van der Waals surface area contributed by atoms with E-state index in [0.29, 0.717) is 17.2 Å². The van der Waals surface area contributed by atoms with E-state index in [-0.39, 0.29) is 12.4 Å². The van der Waals surface area contributed by atoms with E-state index in [4.69, 9.17) is 14.2 Å². The van der Waals surface area contributed by atoms with E-state index in [0.717, 1.165) is 11.1 Å². The molecule has 1 aromatic heterocycles. The summed E-state index contributed by atoms with van der Waals surface area (Å²) in [5.74, 6) is 1.95. The van der Waals surface area contributed by atoms with Crippen LogP contribution in [0.25, 0.3) is 11.1 Å². The van der Waals surface area contributed by atoms with Crippen LogP contribution < -0.4 is 19.8 Å². The Morgan fingerprint density at radius 3 is 2.72 bits per heavy atom. The summed E-state index contributed by atoms with van der Waals surface area (Å²) < 4.78 is 15.9. The maximum absolute atomic E-state index is 11.3. The minimum absolute atomic E-state index is 0.160. The van der Waals surface area contributed by atoms with Crippen LogP contribution in [0.5, 0.6) is 17.2 Å². The van der Waals surface area contributed by atoms with Gasteiger partial charge in [0.15, 0.2) is 11.5 Å². The normalized spacial score (nSPS) is 12.5. The molecule has 92 valence electrons. The van der Waals surface area contributed by atoms with Gasteiger partial charge in [-0.05, 0) is 17.7 Å². The highest BCUT2D eigenvalue weighted by molar-refractivity contribution is 5.74. The Kier molecular flexibility index (Phi) is 2.44. The average Bonchev–Trinajstić information content (AvgIpc) is 2.84. The lowest BCUT2D eigenvalue weighted by atomic mass is 10.1. The molecule has 2 heterocycles. The first-order chi connectivity index (χ1) is 8.78. The summed E-state index contributed by atoms with van der Waals surface area (Å²) in [5.41, 5.74) is 1.41. The molecule has 18 heavy (non-hydrogen) atoms. The molecule has 0 amide bonds. The minimum Gasteiger partial charge on any atom is -0.496 e. The van der Waals surface area contributed by atoms with Gasteiger partial charge in [-0.15, -0.1) is 0 Å². The monoisotopic (exact) mass is 245 g/mol. The van der Waals surface area contributed by atoms with E-state index in [2.05, 4.69) is 4.98 Å². The molecule has 0 aliphatic carbocycles. The summed E-state index contributed by atoms with van der Waals surface area (Å²) >= 11 is 0. The number of ether oxygens (including phenoxy) is 3. The summed E-state index contributed by atoms with van der Waals surface area (Å²) in [6, 6.07) is 6.90. The van der Waals surface area contributed by atoms with Gasteiger partial charge >= 0.3 is 0 Å². The van der Waals surface area contributed by atoms with Gasteiger partial charge in [0, 0.05) is 23.9 Å². The summed E-state index contributed by atoms with van der Waals surface area (Å²) in [4.78, 5) is 13.9. The average molecular weight is 245 g/mol. The number of fused-ring (bicyclic) bond motifs is 1. The fourth-order valence-electron chi connectivity index (χ4n) is 1.93. The van der Waals surface area contributed by atoms with Crippen LogP contribution in [-0.2, 0) is 0 Å². The van der Waals surface area contributed by atoms with Gasteiger partial charge in [0.25, 0.3) is 0 Å². The third-order valence-corrected chi connectivity index (χ3v) is 2.78. The number of aromatic nitrogens is 1. The summed E-state index contributed by atoms with van der Waals surface area (Å²) in [6.45, 7) is 0.206. The van der Waals surface area contributed by atoms with Crippen LogP contribution in [-0.4, -0.2) is 18.9 Å². The predicted octanol–water partition coefficient (Wildman–Crippen LogP) is 1.78. The van der Waals surface area contributed by atoms with Crippen LogP contribution in [0.1, 0.15) is 0 Å². The predicted molar refractivity (Wildman–Crippen MR) is 65.2 cm³/mol. The molecular formula is C13H11NO4. The number of aromatic amines is 1. The third kappa shape index (κ3) is 1.69. The van der Waals surface area contributed by atoms with E-state index in [1.165, 1.54) is 6.07 Å². The molecule has 0 spiro atoms. The largest absolute Gasteiger partial charge is 0.496 e. The van der Waals surface area contributed by atoms with E-state index >= 15 is 0 Å². The first kappa shape index (κ1) is 10.7. The van der Waals surface area contributed by atoms with Crippen molar-refractivity contribution in [3.05, 3.63) is 40.8 Å². The molecule has 5 heteroatoms. The highest BCUT2D eigenvalue weighted by Crippen LogP contribution is 2.41. The van der Waals surface area contributed by atoms with Crippen molar-refractivity contribution in [2.24, 2.45) is 0 Å². The molecule has 0 fully saturated rings. The van der Waals surface area contributed by atoms with Crippen LogP contribution in [0.15, 0.2) is 35.3 Å². The Morgan fingerprint density at radius 2 is 2.00 bits per heavy atom. The van der Waals surface area contributed by atoms with Gasteiger partial charge in [0.05, 0.1) is 7.11 Å². The molecular weight excluding hydrogens is 234 g/mol. The van der Waals surface area contributed by atoms with Gasteiger partial charge in [-0.1, -0.05) is 0 Å². The molecule has 0 saturated heterocycles. The number of methoxy groups -OCH3 is 1. The van der Waals surface area contributed by atoms with Crippen LogP contribution in [0.2, 0.25) is 0 Å². The molecule has 5 nitrogen and oxygen atoms in total. The molecule has 0 atom stereocenters. The second-order valence-electron chi connectivity index (χ2n) is 3.85. The minimum atomic E-state index is -0.160. The van der Waals surface area contributed by atoms with Crippen LogP contribution in [0.4, 0.5) is 0 Å². The summed E-state index contributed by atoms with van der Waals surface area (Å²) in [7, 11) is 1.58. The smallest absolute Gasteiger partial charge is 0.248 e. The second kappa shape index (κ2) is 4.10. The van der Waals surface area contributed by atoms with Crippen molar-refractivity contribution in [1.29, 1.82) is 0 Å². The van der Waals surface area contributed by atoms with Crippen molar-refractivity contribution in [1.82, 2.24) is 4.98 Å². The summed E-state index contributed by atoms with van der Waals surface area (Å²) in [5, 5.41) is 0. The topological polar surface area (TPSA) is 60.6 Å². The lowest BCUT2D eigenvalue weighted by molar-refractivity contribution is 0.174. The van der Waals surface area contributed by atoms with Gasteiger partial charge in [-0.2, -0.15) is 0 Å². The maximum Gasteiger partial charge on any atom is 0.248 e. The van der Waals surface area contributed by atoms with Gasteiger partial charge in [-0.3, -0.25) is 4.79 Å². The van der Waals surface area contributed by atoms with E-state index in [9.17, 15) is 4.79 Å². The number of benzene rings is 1. The van der Waals surface area contributed by atoms with Crippen molar-refractivity contribution in [2.75, 3.05) is 13.9 Å². The van der Waals surface area contributed by atoms with Crippen molar-refractivity contribution in [2.45, 2.75) is 0 Å². The Hall–Kier alpha value is -2.43. The fraction of sp³-hybridized carbons (Fsp3) is 0.154. The number of hydrogen-bond acceptors (Lipinski definition) is 4. The van der Waals surface area contributed by atoms with Crippen molar-refractivity contribution in [3.8, 4) is 28.4 Å². The molecule has 1 N–H and O–H groups in total. The number of nitrogens with one attached hydrogen (secondary N) is 1. The molecule has 0 bridgehead atoms. The van der Waals surface area contributed by atoms with Gasteiger partial charge < -0.3 is 19.2 Å². The number of hydrogen-bond donors (Lipinski definition) is 1. The zero-order chi connectivity index (χ0) is 12.5. The standard InChI is InChI=1S/C13H11NO4/c1-16-10-6-12-11(17-7-18-12)5-9(10)8-2-3-14-13(15)4-8/h2-6H,7H2,1H3,(H,14,15). The molecule has 0 radical (unpaired) electrons. The second-order valence-corrected chi connectivity index (χ2v) is 3.85. The van der Waals surface area contributed by atoms with Crippen LogP contribution in [0, 0.1) is 0 Å². The zero-order valence-corrected chi connectivity index (χ0v) is 9.73. The Balaban J connectivity index is 2.19. The van der Waals surface area contributed by atoms with Crippen molar-refractivity contribution in [3.63, 3.8) is 0 Å². The SMILES string of the molecule is COc1cc2c(cc1-c1cc[nH]c(=O)c1)OCO2. The lowest BCUT2D eigenvalue weighted by Crippen LogP contribution is -2.02. The summed E-state index contributed by atoms with van der Waals surface area (Å²) in [6.07, 6.45) is 1.60. The van der Waals surface area contributed by atoms with E-state index in [1.54, 1.807) is 25.4 Å². The zero-order valence-electron chi connectivity index (χ0n) is 9.73. The van der Waals surface area contributed by atoms with Gasteiger partial charge in [0.2, 0.25) is 12.4 Å². The van der Waals surface area contributed by atoms with E-state index in [1.807, 2.05) is 6.07 Å². The number of H-pyrrole nitrogens is 1. The number of rotatable bonds is 2. The lowest BCUT2D eigenvalue weighted by Gasteiger charge is -2.09.